The molecule has 0 spiro atoms. The Morgan fingerprint density at radius 1 is 1.27 bits per heavy atom. The van der Waals surface area contributed by atoms with E-state index in [0.29, 0.717) is 22.2 Å². The summed E-state index contributed by atoms with van der Waals surface area (Å²) in [4.78, 5) is 24.4. The number of nitrogens with zero attached hydrogens (tertiary/aromatic N) is 4. The van der Waals surface area contributed by atoms with Crippen LogP contribution >= 0.6 is 11.6 Å². The minimum Gasteiger partial charge on any atom is -0.321 e. The first-order valence-electron chi connectivity index (χ1n) is 6.51. The van der Waals surface area contributed by atoms with Gasteiger partial charge in [-0.05, 0) is 30.7 Å². The van der Waals surface area contributed by atoms with Crippen LogP contribution in [-0.4, -0.2) is 25.4 Å². The van der Waals surface area contributed by atoms with Crippen molar-refractivity contribution in [3.8, 4) is 5.82 Å². The van der Waals surface area contributed by atoms with Crippen LogP contribution in [-0.2, 0) is 0 Å². The Morgan fingerprint density at radius 3 is 2.77 bits per heavy atom. The number of pyridine rings is 2. The Kier molecular flexibility index (Phi) is 3.84. The fraction of sp³-hybridized carbons (Fsp3) is 0.0667. The summed E-state index contributed by atoms with van der Waals surface area (Å²) in [5, 5.41) is 3.18. The molecule has 0 saturated heterocycles. The zero-order valence-electron chi connectivity index (χ0n) is 11.7. The minimum atomic E-state index is -0.256. The Balaban J connectivity index is 1.76. The number of carbonyl (C=O) groups excluding carboxylic acids is 1. The maximum Gasteiger partial charge on any atom is 0.257 e. The third-order valence-corrected chi connectivity index (χ3v) is 3.45. The van der Waals surface area contributed by atoms with E-state index >= 15 is 0 Å². The van der Waals surface area contributed by atoms with Crippen molar-refractivity contribution in [3.63, 3.8) is 0 Å². The molecule has 0 radical (unpaired) electrons. The zero-order chi connectivity index (χ0) is 15.5. The predicted molar refractivity (Wildman–Crippen MR) is 83.3 cm³/mol. The number of rotatable bonds is 3. The number of aryl methyl sites for hydroxylation is 1. The van der Waals surface area contributed by atoms with E-state index in [2.05, 4.69) is 20.3 Å². The highest BCUT2D eigenvalue weighted by molar-refractivity contribution is 6.30. The largest absolute Gasteiger partial charge is 0.321 e. The van der Waals surface area contributed by atoms with Crippen LogP contribution in [0.4, 0.5) is 5.69 Å². The van der Waals surface area contributed by atoms with Crippen molar-refractivity contribution in [2.24, 2.45) is 0 Å². The van der Waals surface area contributed by atoms with Gasteiger partial charge in [-0.3, -0.25) is 9.36 Å². The monoisotopic (exact) mass is 313 g/mol. The molecule has 110 valence electrons. The van der Waals surface area contributed by atoms with Crippen LogP contribution < -0.4 is 5.32 Å². The van der Waals surface area contributed by atoms with Crippen LogP contribution in [0.5, 0.6) is 0 Å². The van der Waals surface area contributed by atoms with E-state index in [1.54, 1.807) is 41.5 Å². The first kappa shape index (κ1) is 14.2. The second-order valence-corrected chi connectivity index (χ2v) is 5.02. The normalized spacial score (nSPS) is 10.5. The summed E-state index contributed by atoms with van der Waals surface area (Å²) in [7, 11) is 0. The standard InChI is InChI=1S/C15H12ClN5O/c1-10-6-12(8-19-14(10)16)20-15(22)11-2-3-13(18-7-11)21-5-4-17-9-21/h2-9H,1H3,(H,20,22). The minimum absolute atomic E-state index is 0.256. The number of hydrogen-bond acceptors (Lipinski definition) is 4. The van der Waals surface area contributed by atoms with Gasteiger partial charge in [-0.1, -0.05) is 11.6 Å². The smallest absolute Gasteiger partial charge is 0.257 e. The molecule has 0 aromatic carbocycles. The number of aromatic nitrogens is 4. The summed E-state index contributed by atoms with van der Waals surface area (Å²) in [5.41, 5.74) is 1.84. The number of nitrogens with one attached hydrogen (secondary N) is 1. The summed E-state index contributed by atoms with van der Waals surface area (Å²) < 4.78 is 1.76. The second-order valence-electron chi connectivity index (χ2n) is 4.66. The van der Waals surface area contributed by atoms with E-state index in [1.165, 1.54) is 12.4 Å². The van der Waals surface area contributed by atoms with Crippen LogP contribution in [0, 0.1) is 6.92 Å². The highest BCUT2D eigenvalue weighted by Crippen LogP contribution is 2.17. The van der Waals surface area contributed by atoms with Crippen LogP contribution in [0.1, 0.15) is 15.9 Å². The van der Waals surface area contributed by atoms with E-state index in [9.17, 15) is 4.79 Å². The van der Waals surface area contributed by atoms with Crippen molar-refractivity contribution in [1.29, 1.82) is 0 Å². The number of imidazole rings is 1. The maximum atomic E-state index is 12.2. The Hall–Kier alpha value is -2.73. The van der Waals surface area contributed by atoms with Gasteiger partial charge in [0.1, 0.15) is 17.3 Å². The molecule has 22 heavy (non-hydrogen) atoms. The summed E-state index contributed by atoms with van der Waals surface area (Å²) in [6, 6.07) is 5.22. The molecule has 3 heterocycles. The molecule has 1 N–H and O–H groups in total. The third-order valence-electron chi connectivity index (χ3n) is 3.05. The highest BCUT2D eigenvalue weighted by Gasteiger charge is 2.08. The molecule has 0 saturated carbocycles. The number of halogens is 1. The second kappa shape index (κ2) is 5.95. The summed E-state index contributed by atoms with van der Waals surface area (Å²) in [5.74, 6) is 0.436. The fourth-order valence-corrected chi connectivity index (χ4v) is 2.00. The Morgan fingerprint density at radius 2 is 2.14 bits per heavy atom. The quantitative estimate of drug-likeness (QED) is 0.755. The lowest BCUT2D eigenvalue weighted by atomic mass is 10.2. The summed E-state index contributed by atoms with van der Waals surface area (Å²) in [6.45, 7) is 1.83. The van der Waals surface area contributed by atoms with E-state index in [4.69, 9.17) is 11.6 Å². The van der Waals surface area contributed by atoms with Crippen molar-refractivity contribution in [2.45, 2.75) is 6.92 Å². The third kappa shape index (κ3) is 2.96. The van der Waals surface area contributed by atoms with E-state index in [1.807, 2.05) is 6.92 Å². The zero-order valence-corrected chi connectivity index (χ0v) is 12.4. The number of carbonyl (C=O) groups is 1. The van der Waals surface area contributed by atoms with Crippen LogP contribution in [0.25, 0.3) is 5.82 Å². The first-order chi connectivity index (χ1) is 10.6. The predicted octanol–water partition coefficient (Wildman–Crippen LogP) is 2.88. The molecule has 3 aromatic heterocycles. The molecule has 0 atom stereocenters. The van der Waals surface area contributed by atoms with Crippen LogP contribution in [0.15, 0.2) is 49.3 Å². The van der Waals surface area contributed by atoms with Gasteiger partial charge in [-0.25, -0.2) is 15.0 Å². The maximum absolute atomic E-state index is 12.2. The molecular weight excluding hydrogens is 302 g/mol. The van der Waals surface area contributed by atoms with Gasteiger partial charge in [0.25, 0.3) is 5.91 Å². The van der Waals surface area contributed by atoms with Crippen molar-refractivity contribution >= 4 is 23.2 Å². The van der Waals surface area contributed by atoms with Gasteiger partial charge in [0.15, 0.2) is 0 Å². The molecule has 1 amide bonds. The van der Waals surface area contributed by atoms with Crippen molar-refractivity contribution in [3.05, 3.63) is 65.6 Å². The van der Waals surface area contributed by atoms with Gasteiger partial charge < -0.3 is 5.32 Å². The molecule has 7 heteroatoms. The molecule has 0 bridgehead atoms. The van der Waals surface area contributed by atoms with Crippen LogP contribution in [0.2, 0.25) is 5.15 Å². The SMILES string of the molecule is Cc1cc(NC(=O)c2ccc(-n3ccnc3)nc2)cnc1Cl. The topological polar surface area (TPSA) is 72.7 Å². The Bertz CT molecular complexity index is 799. The number of amides is 1. The van der Waals surface area contributed by atoms with Crippen LogP contribution in [0.3, 0.4) is 0 Å². The molecule has 3 aromatic rings. The van der Waals surface area contributed by atoms with E-state index < -0.39 is 0 Å². The van der Waals surface area contributed by atoms with E-state index in [0.717, 1.165) is 5.56 Å². The number of hydrogen-bond donors (Lipinski definition) is 1. The van der Waals surface area contributed by atoms with Crippen molar-refractivity contribution in [1.82, 2.24) is 19.5 Å². The molecule has 0 aliphatic rings. The molecular formula is C15H12ClN5O. The average Bonchev–Trinajstić information content (AvgIpc) is 3.05. The molecule has 0 unspecified atom stereocenters. The van der Waals surface area contributed by atoms with Crippen molar-refractivity contribution in [2.75, 3.05) is 5.32 Å². The summed E-state index contributed by atoms with van der Waals surface area (Å²) >= 11 is 5.86. The lowest BCUT2D eigenvalue weighted by Gasteiger charge is -2.07. The van der Waals surface area contributed by atoms with Gasteiger partial charge in [0.05, 0.1) is 17.4 Å². The molecule has 3 rings (SSSR count). The summed E-state index contributed by atoms with van der Waals surface area (Å²) in [6.07, 6.45) is 8.12. The molecule has 0 aliphatic heterocycles. The lowest BCUT2D eigenvalue weighted by molar-refractivity contribution is 0.102. The van der Waals surface area contributed by atoms with Crippen molar-refractivity contribution < 1.29 is 4.79 Å². The number of anilines is 1. The van der Waals surface area contributed by atoms with E-state index in [-0.39, 0.29) is 5.91 Å². The fourth-order valence-electron chi connectivity index (χ4n) is 1.90. The first-order valence-corrected chi connectivity index (χ1v) is 6.89. The van der Waals surface area contributed by atoms with Gasteiger partial charge in [-0.15, -0.1) is 0 Å². The van der Waals surface area contributed by atoms with Gasteiger partial charge in [-0.2, -0.15) is 0 Å². The Labute approximate surface area is 131 Å². The molecule has 0 fully saturated rings. The van der Waals surface area contributed by atoms with Gasteiger partial charge in [0, 0.05) is 18.6 Å². The molecule has 0 aliphatic carbocycles. The lowest BCUT2D eigenvalue weighted by Crippen LogP contribution is -2.13. The van der Waals surface area contributed by atoms with Gasteiger partial charge >= 0.3 is 0 Å². The highest BCUT2D eigenvalue weighted by atomic mass is 35.5. The molecule has 6 nitrogen and oxygen atoms in total. The average molecular weight is 314 g/mol. The van der Waals surface area contributed by atoms with Gasteiger partial charge in [0.2, 0.25) is 0 Å².